The van der Waals surface area contributed by atoms with Gasteiger partial charge in [-0.3, -0.25) is 4.98 Å². The van der Waals surface area contributed by atoms with Crippen molar-refractivity contribution >= 4 is 0 Å². The molecule has 1 aromatic rings. The van der Waals surface area contributed by atoms with Crippen molar-refractivity contribution in [3.8, 4) is 0 Å². The van der Waals surface area contributed by atoms with E-state index in [1.807, 2.05) is 25.3 Å². The number of hydrogen-bond donors (Lipinski definition) is 1. The van der Waals surface area contributed by atoms with Crippen LogP contribution in [-0.4, -0.2) is 17.2 Å². The van der Waals surface area contributed by atoms with E-state index < -0.39 is 0 Å². The number of rotatable bonds is 4. The average molecular weight is 220 g/mol. The zero-order chi connectivity index (χ0) is 11.4. The predicted molar refractivity (Wildman–Crippen MR) is 64.0 cm³/mol. The molecule has 1 atom stereocenters. The molecule has 0 spiro atoms. The molecule has 1 aliphatic rings. The maximum Gasteiger partial charge on any atom is 0.0874 e. The summed E-state index contributed by atoms with van der Waals surface area (Å²) in [5.41, 5.74) is 7.28. The number of pyridine rings is 1. The Labute approximate surface area is 97.0 Å². The van der Waals surface area contributed by atoms with Gasteiger partial charge in [0.05, 0.1) is 11.6 Å². The molecule has 88 valence electrons. The van der Waals surface area contributed by atoms with Gasteiger partial charge in [0.25, 0.3) is 0 Å². The van der Waals surface area contributed by atoms with Gasteiger partial charge in [0, 0.05) is 19.0 Å². The first kappa shape index (κ1) is 11.6. The molecule has 1 fully saturated rings. The van der Waals surface area contributed by atoms with Gasteiger partial charge in [-0.2, -0.15) is 0 Å². The van der Waals surface area contributed by atoms with E-state index in [1.165, 1.54) is 12.8 Å². The van der Waals surface area contributed by atoms with Crippen molar-refractivity contribution in [3.63, 3.8) is 0 Å². The highest BCUT2D eigenvalue weighted by Gasteiger charge is 2.41. The topological polar surface area (TPSA) is 48.1 Å². The van der Waals surface area contributed by atoms with Crippen LogP contribution in [0.5, 0.6) is 0 Å². The van der Waals surface area contributed by atoms with Crippen molar-refractivity contribution in [2.45, 2.75) is 44.2 Å². The van der Waals surface area contributed by atoms with E-state index in [2.05, 4.69) is 4.98 Å². The summed E-state index contributed by atoms with van der Waals surface area (Å²) >= 11 is 0. The summed E-state index contributed by atoms with van der Waals surface area (Å²) in [7, 11) is 0. The monoisotopic (exact) mass is 220 g/mol. The van der Waals surface area contributed by atoms with Gasteiger partial charge < -0.3 is 10.5 Å². The molecule has 1 aromatic heterocycles. The SMILES string of the molecule is CCOC1(C(N)c2cccnc2)CCCC1. The molecule has 1 unspecified atom stereocenters. The minimum atomic E-state index is -0.155. The summed E-state index contributed by atoms with van der Waals surface area (Å²) in [5.74, 6) is 0. The zero-order valence-electron chi connectivity index (χ0n) is 9.86. The molecule has 3 nitrogen and oxygen atoms in total. The predicted octanol–water partition coefficient (Wildman–Crippen LogP) is 2.43. The van der Waals surface area contributed by atoms with Gasteiger partial charge in [-0.1, -0.05) is 18.9 Å². The third-order valence-corrected chi connectivity index (χ3v) is 3.49. The lowest BCUT2D eigenvalue weighted by molar-refractivity contribution is -0.0537. The van der Waals surface area contributed by atoms with Crippen LogP contribution in [0, 0.1) is 0 Å². The molecule has 0 amide bonds. The quantitative estimate of drug-likeness (QED) is 0.847. The second-order valence-corrected chi connectivity index (χ2v) is 4.47. The van der Waals surface area contributed by atoms with Crippen LogP contribution in [0.25, 0.3) is 0 Å². The Morgan fingerprint density at radius 2 is 2.25 bits per heavy atom. The number of nitrogens with zero attached hydrogens (tertiary/aromatic N) is 1. The molecule has 0 aromatic carbocycles. The molecule has 0 aliphatic heterocycles. The van der Waals surface area contributed by atoms with Crippen molar-refractivity contribution in [3.05, 3.63) is 30.1 Å². The van der Waals surface area contributed by atoms with Crippen molar-refractivity contribution < 1.29 is 4.74 Å². The van der Waals surface area contributed by atoms with Crippen molar-refractivity contribution in [2.24, 2.45) is 5.73 Å². The summed E-state index contributed by atoms with van der Waals surface area (Å²) in [4.78, 5) is 4.13. The van der Waals surface area contributed by atoms with Crippen LogP contribution >= 0.6 is 0 Å². The molecule has 3 heteroatoms. The Hall–Kier alpha value is -0.930. The molecule has 1 heterocycles. The fourth-order valence-electron chi connectivity index (χ4n) is 2.67. The van der Waals surface area contributed by atoms with Crippen LogP contribution in [0.2, 0.25) is 0 Å². The Bertz CT molecular complexity index is 320. The smallest absolute Gasteiger partial charge is 0.0874 e. The van der Waals surface area contributed by atoms with Crippen LogP contribution in [0.15, 0.2) is 24.5 Å². The number of hydrogen-bond acceptors (Lipinski definition) is 3. The second kappa shape index (κ2) is 4.93. The van der Waals surface area contributed by atoms with Crippen LogP contribution < -0.4 is 5.73 Å². The van der Waals surface area contributed by atoms with Crippen molar-refractivity contribution in [1.29, 1.82) is 0 Å². The fraction of sp³-hybridized carbons (Fsp3) is 0.615. The Morgan fingerprint density at radius 3 is 2.81 bits per heavy atom. The first-order valence-electron chi connectivity index (χ1n) is 6.08. The molecule has 0 radical (unpaired) electrons. The number of aromatic nitrogens is 1. The van der Waals surface area contributed by atoms with E-state index in [0.29, 0.717) is 0 Å². The molecular formula is C13H20N2O. The van der Waals surface area contributed by atoms with Crippen molar-refractivity contribution in [2.75, 3.05) is 6.61 Å². The van der Waals surface area contributed by atoms with E-state index in [4.69, 9.17) is 10.5 Å². The molecule has 0 bridgehead atoms. The van der Waals surface area contributed by atoms with Gasteiger partial charge in [-0.25, -0.2) is 0 Å². The maximum absolute atomic E-state index is 6.36. The summed E-state index contributed by atoms with van der Waals surface area (Å²) in [6.45, 7) is 2.77. The van der Waals surface area contributed by atoms with Crippen molar-refractivity contribution in [1.82, 2.24) is 4.98 Å². The molecule has 0 saturated heterocycles. The molecule has 2 rings (SSSR count). The molecule has 16 heavy (non-hydrogen) atoms. The summed E-state index contributed by atoms with van der Waals surface area (Å²) in [6, 6.07) is 3.92. The highest BCUT2D eigenvalue weighted by molar-refractivity contribution is 5.18. The van der Waals surface area contributed by atoms with Gasteiger partial charge in [-0.15, -0.1) is 0 Å². The minimum absolute atomic E-state index is 0.0522. The average Bonchev–Trinajstić information content (AvgIpc) is 2.80. The van der Waals surface area contributed by atoms with Crippen LogP contribution in [0.4, 0.5) is 0 Å². The van der Waals surface area contributed by atoms with E-state index >= 15 is 0 Å². The van der Waals surface area contributed by atoms with E-state index in [-0.39, 0.29) is 11.6 Å². The van der Waals surface area contributed by atoms with Gasteiger partial charge in [0.1, 0.15) is 0 Å². The number of ether oxygens (including phenoxy) is 1. The third kappa shape index (κ3) is 2.11. The summed E-state index contributed by atoms with van der Waals surface area (Å²) in [5, 5.41) is 0. The Kier molecular flexibility index (Phi) is 3.56. The lowest BCUT2D eigenvalue weighted by Gasteiger charge is -2.35. The van der Waals surface area contributed by atoms with E-state index in [0.717, 1.165) is 25.0 Å². The van der Waals surface area contributed by atoms with Gasteiger partial charge in [0.15, 0.2) is 0 Å². The lowest BCUT2D eigenvalue weighted by Crippen LogP contribution is -2.41. The molecular weight excluding hydrogens is 200 g/mol. The molecule has 1 saturated carbocycles. The summed E-state index contributed by atoms with van der Waals surface area (Å²) in [6.07, 6.45) is 8.19. The normalized spacial score (nSPS) is 20.9. The highest BCUT2D eigenvalue weighted by atomic mass is 16.5. The second-order valence-electron chi connectivity index (χ2n) is 4.47. The Morgan fingerprint density at radius 1 is 1.50 bits per heavy atom. The van der Waals surface area contributed by atoms with E-state index in [1.54, 1.807) is 6.20 Å². The van der Waals surface area contributed by atoms with Crippen LogP contribution in [0.3, 0.4) is 0 Å². The minimum Gasteiger partial charge on any atom is -0.373 e. The first-order chi connectivity index (χ1) is 7.78. The van der Waals surface area contributed by atoms with Gasteiger partial charge in [-0.05, 0) is 31.4 Å². The third-order valence-electron chi connectivity index (χ3n) is 3.49. The number of nitrogens with two attached hydrogens (primary N) is 1. The molecule has 1 aliphatic carbocycles. The molecule has 2 N–H and O–H groups in total. The standard InChI is InChI=1S/C13H20N2O/c1-2-16-13(7-3-4-8-13)12(14)11-6-5-9-15-10-11/h5-6,9-10,12H,2-4,7-8,14H2,1H3. The highest BCUT2D eigenvalue weighted by Crippen LogP contribution is 2.41. The lowest BCUT2D eigenvalue weighted by atomic mass is 9.88. The summed E-state index contributed by atoms with van der Waals surface area (Å²) < 4.78 is 5.95. The van der Waals surface area contributed by atoms with Gasteiger partial charge in [0.2, 0.25) is 0 Å². The first-order valence-corrected chi connectivity index (χ1v) is 6.08. The van der Waals surface area contributed by atoms with Crippen LogP contribution in [-0.2, 0) is 4.74 Å². The van der Waals surface area contributed by atoms with E-state index in [9.17, 15) is 0 Å². The maximum atomic E-state index is 6.36. The Balaban J connectivity index is 2.20. The largest absolute Gasteiger partial charge is 0.373 e. The van der Waals surface area contributed by atoms with Gasteiger partial charge >= 0.3 is 0 Å². The zero-order valence-corrected chi connectivity index (χ0v) is 9.86. The fourth-order valence-corrected chi connectivity index (χ4v) is 2.67. The van der Waals surface area contributed by atoms with Crippen LogP contribution in [0.1, 0.15) is 44.2 Å².